The molecule has 0 radical (unpaired) electrons. The number of nitrogens with one attached hydrogen (secondary N) is 2. The van der Waals surface area contributed by atoms with Crippen molar-refractivity contribution >= 4 is 28.4 Å². The molecule has 30 heavy (non-hydrogen) atoms. The number of anilines is 3. The van der Waals surface area contributed by atoms with Crippen LogP contribution in [-0.4, -0.2) is 40.5 Å². The minimum absolute atomic E-state index is 0.263. The van der Waals surface area contributed by atoms with E-state index in [1.165, 1.54) is 12.1 Å². The fourth-order valence-electron chi connectivity index (χ4n) is 3.76. The normalized spacial score (nSPS) is 17.8. The summed E-state index contributed by atoms with van der Waals surface area (Å²) in [4.78, 5) is 11.7. The topological polar surface area (TPSA) is 53.1 Å². The van der Waals surface area contributed by atoms with Crippen LogP contribution in [0.1, 0.15) is 25.3 Å². The third-order valence-corrected chi connectivity index (χ3v) is 5.36. The molecular formula is C22H24F3N5. The molecule has 1 aromatic heterocycles. The van der Waals surface area contributed by atoms with E-state index in [0.717, 1.165) is 55.5 Å². The average Bonchev–Trinajstić information content (AvgIpc) is 2.74. The first kappa shape index (κ1) is 20.4. The van der Waals surface area contributed by atoms with E-state index >= 15 is 0 Å². The Morgan fingerprint density at radius 2 is 1.83 bits per heavy atom. The van der Waals surface area contributed by atoms with Gasteiger partial charge in [-0.3, -0.25) is 0 Å². The van der Waals surface area contributed by atoms with Gasteiger partial charge in [0.1, 0.15) is 5.82 Å². The van der Waals surface area contributed by atoms with Gasteiger partial charge in [0, 0.05) is 23.7 Å². The van der Waals surface area contributed by atoms with Gasteiger partial charge in [0.25, 0.3) is 0 Å². The van der Waals surface area contributed by atoms with Gasteiger partial charge in [0.05, 0.1) is 11.1 Å². The fourth-order valence-corrected chi connectivity index (χ4v) is 3.76. The number of benzene rings is 2. The van der Waals surface area contributed by atoms with E-state index in [4.69, 9.17) is 0 Å². The van der Waals surface area contributed by atoms with Crippen LogP contribution in [0.15, 0.2) is 48.5 Å². The number of likely N-dealkylation sites (tertiary alicyclic amines) is 1. The second kappa shape index (κ2) is 8.47. The van der Waals surface area contributed by atoms with Crippen LogP contribution in [0.3, 0.4) is 0 Å². The van der Waals surface area contributed by atoms with Crippen molar-refractivity contribution in [2.75, 3.05) is 30.3 Å². The summed E-state index contributed by atoms with van der Waals surface area (Å²) in [5, 5.41) is 7.40. The van der Waals surface area contributed by atoms with Gasteiger partial charge >= 0.3 is 6.18 Å². The number of aromatic nitrogens is 2. The molecule has 0 aliphatic carbocycles. The number of para-hydroxylation sites is 1. The van der Waals surface area contributed by atoms with E-state index in [9.17, 15) is 13.2 Å². The summed E-state index contributed by atoms with van der Waals surface area (Å²) in [5.74, 6) is 1.08. The van der Waals surface area contributed by atoms with Crippen LogP contribution in [0, 0.1) is 0 Å². The molecule has 1 atom stereocenters. The molecule has 0 saturated carbocycles. The van der Waals surface area contributed by atoms with Crippen molar-refractivity contribution in [1.29, 1.82) is 0 Å². The van der Waals surface area contributed by atoms with Gasteiger partial charge in [-0.2, -0.15) is 18.2 Å². The van der Waals surface area contributed by atoms with Crippen molar-refractivity contribution in [2.24, 2.45) is 0 Å². The summed E-state index contributed by atoms with van der Waals surface area (Å²) >= 11 is 0. The van der Waals surface area contributed by atoms with Crippen molar-refractivity contribution in [3.8, 4) is 0 Å². The zero-order valence-electron chi connectivity index (χ0n) is 16.7. The molecule has 1 aliphatic heterocycles. The standard InChI is InChI=1S/C22H24F3N5/c1-2-30-13-5-6-17(14-30)27-21-28-19-8-4-3-7-18(19)20(29-21)26-16-11-9-15(10-12-16)22(23,24)25/h3-4,7-12,17H,2,5-6,13-14H2,1H3,(H2,26,27,28,29). The lowest BCUT2D eigenvalue weighted by atomic mass is 10.1. The minimum Gasteiger partial charge on any atom is -0.350 e. The van der Waals surface area contributed by atoms with Gasteiger partial charge in [0.15, 0.2) is 0 Å². The Bertz CT molecular complexity index is 1000. The number of alkyl halides is 3. The molecule has 0 amide bonds. The molecule has 1 aliphatic rings. The number of hydrogen-bond acceptors (Lipinski definition) is 5. The molecule has 1 saturated heterocycles. The molecule has 158 valence electrons. The molecular weight excluding hydrogens is 391 g/mol. The average molecular weight is 415 g/mol. The highest BCUT2D eigenvalue weighted by molar-refractivity contribution is 5.91. The van der Waals surface area contributed by atoms with Gasteiger partial charge in [-0.05, 0) is 62.3 Å². The summed E-state index contributed by atoms with van der Waals surface area (Å²) in [7, 11) is 0. The number of rotatable bonds is 5. The van der Waals surface area contributed by atoms with Gasteiger partial charge in [0.2, 0.25) is 5.95 Å². The summed E-state index contributed by atoms with van der Waals surface area (Å²) in [6.45, 7) is 5.21. The van der Waals surface area contributed by atoms with E-state index in [0.29, 0.717) is 17.5 Å². The number of likely N-dealkylation sites (N-methyl/N-ethyl adjacent to an activating group) is 1. The van der Waals surface area contributed by atoms with Gasteiger partial charge in [-0.25, -0.2) is 4.98 Å². The molecule has 3 aromatic rings. The predicted molar refractivity (Wildman–Crippen MR) is 113 cm³/mol. The maximum absolute atomic E-state index is 12.8. The Hall–Kier alpha value is -2.87. The number of halogens is 3. The zero-order chi connectivity index (χ0) is 21.1. The van der Waals surface area contributed by atoms with E-state index < -0.39 is 11.7 Å². The highest BCUT2D eigenvalue weighted by atomic mass is 19.4. The minimum atomic E-state index is -4.36. The van der Waals surface area contributed by atoms with E-state index in [1.807, 2.05) is 24.3 Å². The summed E-state index contributed by atoms with van der Waals surface area (Å²) in [5.41, 5.74) is 0.626. The first-order valence-electron chi connectivity index (χ1n) is 10.1. The van der Waals surface area contributed by atoms with Crippen LogP contribution in [0.2, 0.25) is 0 Å². The van der Waals surface area contributed by atoms with Crippen molar-refractivity contribution < 1.29 is 13.2 Å². The van der Waals surface area contributed by atoms with E-state index in [2.05, 4.69) is 32.4 Å². The van der Waals surface area contributed by atoms with Crippen LogP contribution in [0.4, 0.5) is 30.6 Å². The third kappa shape index (κ3) is 4.64. The second-order valence-corrected chi connectivity index (χ2v) is 7.49. The van der Waals surface area contributed by atoms with Crippen LogP contribution in [-0.2, 0) is 6.18 Å². The van der Waals surface area contributed by atoms with Gasteiger partial charge in [-0.1, -0.05) is 19.1 Å². The number of fused-ring (bicyclic) bond motifs is 1. The van der Waals surface area contributed by atoms with Crippen LogP contribution < -0.4 is 10.6 Å². The Morgan fingerprint density at radius 1 is 1.07 bits per heavy atom. The first-order chi connectivity index (χ1) is 14.4. The van der Waals surface area contributed by atoms with Crippen molar-refractivity contribution in [3.05, 3.63) is 54.1 Å². The molecule has 0 spiro atoms. The smallest absolute Gasteiger partial charge is 0.350 e. The van der Waals surface area contributed by atoms with Crippen molar-refractivity contribution in [1.82, 2.24) is 14.9 Å². The SMILES string of the molecule is CCN1CCCC(Nc2nc(Nc3ccc(C(F)(F)F)cc3)c3ccccc3n2)C1. The van der Waals surface area contributed by atoms with Crippen molar-refractivity contribution in [3.63, 3.8) is 0 Å². The molecule has 2 heterocycles. The Morgan fingerprint density at radius 3 is 2.57 bits per heavy atom. The van der Waals surface area contributed by atoms with Gasteiger partial charge in [-0.15, -0.1) is 0 Å². The molecule has 8 heteroatoms. The lowest BCUT2D eigenvalue weighted by molar-refractivity contribution is -0.137. The van der Waals surface area contributed by atoms with Gasteiger partial charge < -0.3 is 15.5 Å². The van der Waals surface area contributed by atoms with Crippen molar-refractivity contribution in [2.45, 2.75) is 32.0 Å². The van der Waals surface area contributed by atoms with Crippen LogP contribution >= 0.6 is 0 Å². The summed E-state index contributed by atoms with van der Waals surface area (Å²) in [6.07, 6.45) is -2.19. The molecule has 0 bridgehead atoms. The monoisotopic (exact) mass is 415 g/mol. The molecule has 2 N–H and O–H groups in total. The first-order valence-corrected chi connectivity index (χ1v) is 10.1. The molecule has 1 unspecified atom stereocenters. The second-order valence-electron chi connectivity index (χ2n) is 7.49. The fraction of sp³-hybridized carbons (Fsp3) is 0.364. The van der Waals surface area contributed by atoms with Crippen LogP contribution in [0.25, 0.3) is 10.9 Å². The third-order valence-electron chi connectivity index (χ3n) is 5.36. The Kier molecular flexibility index (Phi) is 5.76. The van der Waals surface area contributed by atoms with E-state index in [-0.39, 0.29) is 6.04 Å². The molecule has 5 nitrogen and oxygen atoms in total. The van der Waals surface area contributed by atoms with Crippen LogP contribution in [0.5, 0.6) is 0 Å². The zero-order valence-corrected chi connectivity index (χ0v) is 16.7. The van der Waals surface area contributed by atoms with E-state index in [1.54, 1.807) is 0 Å². The lowest BCUT2D eigenvalue weighted by Gasteiger charge is -2.32. The largest absolute Gasteiger partial charge is 0.416 e. The summed E-state index contributed by atoms with van der Waals surface area (Å²) < 4.78 is 38.5. The summed E-state index contributed by atoms with van der Waals surface area (Å²) in [6, 6.07) is 12.8. The lowest BCUT2D eigenvalue weighted by Crippen LogP contribution is -2.42. The predicted octanol–water partition coefficient (Wildman–Crippen LogP) is 5.29. The number of nitrogens with zero attached hydrogens (tertiary/aromatic N) is 3. The number of hydrogen-bond donors (Lipinski definition) is 2. The maximum Gasteiger partial charge on any atom is 0.416 e. The number of piperidine rings is 1. The highest BCUT2D eigenvalue weighted by Gasteiger charge is 2.30. The maximum atomic E-state index is 12.8. The Balaban J connectivity index is 1.60. The molecule has 1 fully saturated rings. The molecule has 2 aromatic carbocycles. The molecule has 4 rings (SSSR count). The highest BCUT2D eigenvalue weighted by Crippen LogP contribution is 2.31. The Labute approximate surface area is 173 Å². The quantitative estimate of drug-likeness (QED) is 0.593.